The van der Waals surface area contributed by atoms with Gasteiger partial charge in [-0.25, -0.2) is 14.4 Å². The van der Waals surface area contributed by atoms with Crippen molar-refractivity contribution in [2.45, 2.75) is 92.1 Å². The van der Waals surface area contributed by atoms with Crippen molar-refractivity contribution in [1.29, 1.82) is 0 Å². The van der Waals surface area contributed by atoms with Crippen LogP contribution in [0.5, 0.6) is 0 Å². The second-order valence-electron chi connectivity index (χ2n) is 8.45. The van der Waals surface area contributed by atoms with E-state index in [-0.39, 0.29) is 0 Å². The zero-order chi connectivity index (χ0) is 27.9. The zero-order valence-corrected chi connectivity index (χ0v) is 18.3. The minimum Gasteiger partial charge on any atom is -0.479 e. The summed E-state index contributed by atoms with van der Waals surface area (Å²) in [5.74, 6) is -5.46. The molecule has 0 bridgehead atoms. The average Bonchev–Trinajstić information content (AvgIpc) is 2.82. The van der Waals surface area contributed by atoms with Gasteiger partial charge >= 0.3 is 17.9 Å². The van der Waals surface area contributed by atoms with Crippen LogP contribution >= 0.6 is 0 Å². The Labute approximate surface area is 205 Å². The molecule has 0 spiro atoms. The summed E-state index contributed by atoms with van der Waals surface area (Å²) in [5.41, 5.74) is 0. The summed E-state index contributed by atoms with van der Waals surface area (Å²) in [7, 11) is 0. The third-order valence-electron chi connectivity index (χ3n) is 5.99. The monoisotopic (exact) mass is 546 g/mol. The summed E-state index contributed by atoms with van der Waals surface area (Å²) in [6.07, 6.45) is -32.5. The quantitative estimate of drug-likeness (QED) is 0.141. The molecule has 1 unspecified atom stereocenters. The first kappa shape index (κ1) is 29.4. The van der Waals surface area contributed by atoms with E-state index in [1.165, 1.54) is 0 Å². The SMILES string of the molecule is O=C(O)[C@H]1O[C@@H](O[C@@H]2[C@H](O)[C@@H](O)[C@@H](O[C@@H]3[C@H](O)[C@@H](O)C(O)O[C@@H]3C(=O)O)O[C@@H]2C(=O)O)[C@H](O)[C@@H](O)[C@H]1O. The van der Waals surface area contributed by atoms with Crippen LogP contribution in [-0.2, 0) is 38.1 Å². The third-order valence-corrected chi connectivity index (χ3v) is 5.99. The molecule has 0 saturated carbocycles. The first-order chi connectivity index (χ1) is 17.2. The maximum absolute atomic E-state index is 11.8. The molecule has 3 saturated heterocycles. The lowest BCUT2D eigenvalue weighted by molar-refractivity contribution is -0.368. The van der Waals surface area contributed by atoms with E-state index >= 15 is 0 Å². The minimum atomic E-state index is -2.29. The summed E-state index contributed by atoms with van der Waals surface area (Å²) in [4.78, 5) is 34.5. The van der Waals surface area contributed by atoms with E-state index < -0.39 is 110 Å². The Morgan fingerprint density at radius 1 is 0.459 bits per heavy atom. The average molecular weight is 546 g/mol. The molecule has 0 aliphatic carbocycles. The van der Waals surface area contributed by atoms with Crippen LogP contribution in [0.1, 0.15) is 0 Å². The molecule has 0 aromatic rings. The molecule has 19 nitrogen and oxygen atoms in total. The van der Waals surface area contributed by atoms with Crippen molar-refractivity contribution in [3.05, 3.63) is 0 Å². The van der Waals surface area contributed by atoms with E-state index in [9.17, 15) is 65.4 Å². The van der Waals surface area contributed by atoms with Gasteiger partial charge in [-0.2, -0.15) is 0 Å². The van der Waals surface area contributed by atoms with Crippen LogP contribution in [0.15, 0.2) is 0 Å². The summed E-state index contributed by atoms with van der Waals surface area (Å²) < 4.78 is 24.8. The second kappa shape index (κ2) is 11.3. The molecule has 19 heteroatoms. The predicted molar refractivity (Wildman–Crippen MR) is 103 cm³/mol. The number of hydrogen-bond donors (Lipinski definition) is 11. The van der Waals surface area contributed by atoms with Gasteiger partial charge < -0.3 is 79.9 Å². The van der Waals surface area contributed by atoms with E-state index in [1.54, 1.807) is 0 Å². The Hall–Kier alpha value is -2.11. The highest BCUT2D eigenvalue weighted by molar-refractivity contribution is 5.74. The van der Waals surface area contributed by atoms with Gasteiger partial charge in [-0.1, -0.05) is 0 Å². The van der Waals surface area contributed by atoms with Gasteiger partial charge in [0.25, 0.3) is 0 Å². The van der Waals surface area contributed by atoms with Crippen molar-refractivity contribution in [3.63, 3.8) is 0 Å². The Kier molecular flexibility index (Phi) is 9.01. The van der Waals surface area contributed by atoms with Gasteiger partial charge in [0.1, 0.15) is 54.9 Å². The van der Waals surface area contributed by atoms with Crippen molar-refractivity contribution < 1.29 is 94.2 Å². The molecule has 0 radical (unpaired) electrons. The number of carboxylic acid groups (broad SMARTS) is 3. The van der Waals surface area contributed by atoms with Crippen LogP contribution in [0.25, 0.3) is 0 Å². The number of carbonyl (C=O) groups is 3. The topological polar surface area (TPSA) is 320 Å². The lowest BCUT2D eigenvalue weighted by Crippen LogP contribution is -2.67. The molecule has 0 aromatic heterocycles. The minimum absolute atomic E-state index is 1.79. The van der Waals surface area contributed by atoms with Crippen molar-refractivity contribution in [3.8, 4) is 0 Å². The van der Waals surface area contributed by atoms with Crippen LogP contribution in [0.2, 0.25) is 0 Å². The number of ether oxygens (including phenoxy) is 5. The molecule has 3 aliphatic rings. The molecule has 0 amide bonds. The summed E-state index contributed by atoms with van der Waals surface area (Å²) in [6, 6.07) is 0. The highest BCUT2D eigenvalue weighted by Gasteiger charge is 2.56. The third kappa shape index (κ3) is 5.68. The fourth-order valence-electron chi connectivity index (χ4n) is 3.98. The van der Waals surface area contributed by atoms with E-state index in [0.29, 0.717) is 0 Å². The molecular formula is C18H26O19. The van der Waals surface area contributed by atoms with Crippen molar-refractivity contribution in [2.24, 2.45) is 0 Å². The fraction of sp³-hybridized carbons (Fsp3) is 0.833. The predicted octanol–water partition coefficient (Wildman–Crippen LogP) is -7.30. The van der Waals surface area contributed by atoms with E-state index in [2.05, 4.69) is 4.74 Å². The molecule has 3 heterocycles. The van der Waals surface area contributed by atoms with Crippen molar-refractivity contribution in [1.82, 2.24) is 0 Å². The lowest BCUT2D eigenvalue weighted by atomic mass is 9.95. The number of hydrogen-bond acceptors (Lipinski definition) is 16. The first-order valence-corrected chi connectivity index (χ1v) is 10.6. The number of aliphatic hydroxyl groups excluding tert-OH is 8. The molecule has 3 fully saturated rings. The number of aliphatic carboxylic acids is 3. The Balaban J connectivity index is 1.81. The molecule has 3 rings (SSSR count). The Morgan fingerprint density at radius 2 is 0.838 bits per heavy atom. The Bertz CT molecular complexity index is 853. The largest absolute Gasteiger partial charge is 0.479 e. The maximum Gasteiger partial charge on any atom is 0.335 e. The summed E-state index contributed by atoms with van der Waals surface area (Å²) >= 11 is 0. The molecular weight excluding hydrogens is 520 g/mol. The summed E-state index contributed by atoms with van der Waals surface area (Å²) in [6.45, 7) is 0. The first-order valence-electron chi connectivity index (χ1n) is 10.6. The van der Waals surface area contributed by atoms with Crippen molar-refractivity contribution in [2.75, 3.05) is 0 Å². The molecule has 15 atom stereocenters. The number of aliphatic hydroxyl groups is 8. The van der Waals surface area contributed by atoms with Gasteiger partial charge in [-0.05, 0) is 0 Å². The van der Waals surface area contributed by atoms with Gasteiger partial charge in [0, 0.05) is 0 Å². The standard InChI is InChI=1S/C18H26O19/c19-1-2(20)10(13(26)27)36-17(6(1)24)35-9-4(22)7(25)18(37-12(9)15(30)31)34-8-3(21)5(23)16(32)33-11(8)14(28)29/h1-12,16-25,32H,(H,26,27)(H,28,29)(H,30,31)/t1-,2+,3+,4+,5+,6+,7+,8+,9+,10-,11-,12-,16?,17+,18-/m0/s1. The second-order valence-corrected chi connectivity index (χ2v) is 8.45. The van der Waals surface area contributed by atoms with Crippen LogP contribution in [0.4, 0.5) is 0 Å². The normalized spacial score (nSPS) is 48.8. The molecule has 3 aliphatic heterocycles. The van der Waals surface area contributed by atoms with E-state index in [4.69, 9.17) is 24.1 Å². The number of rotatable bonds is 7. The lowest BCUT2D eigenvalue weighted by Gasteiger charge is -2.46. The summed E-state index contributed by atoms with van der Waals surface area (Å²) in [5, 5.41) is 108. The van der Waals surface area contributed by atoms with Gasteiger partial charge in [0.2, 0.25) is 0 Å². The van der Waals surface area contributed by atoms with Gasteiger partial charge in [-0.15, -0.1) is 0 Å². The van der Waals surface area contributed by atoms with E-state index in [0.717, 1.165) is 0 Å². The van der Waals surface area contributed by atoms with Crippen LogP contribution < -0.4 is 0 Å². The smallest absolute Gasteiger partial charge is 0.335 e. The molecule has 11 N–H and O–H groups in total. The molecule has 212 valence electrons. The molecule has 0 aromatic carbocycles. The molecule has 37 heavy (non-hydrogen) atoms. The zero-order valence-electron chi connectivity index (χ0n) is 18.3. The highest BCUT2D eigenvalue weighted by Crippen LogP contribution is 2.32. The van der Waals surface area contributed by atoms with Crippen LogP contribution in [0.3, 0.4) is 0 Å². The van der Waals surface area contributed by atoms with Crippen molar-refractivity contribution >= 4 is 17.9 Å². The van der Waals surface area contributed by atoms with Gasteiger partial charge in [0.05, 0.1) is 0 Å². The number of carboxylic acids is 3. The van der Waals surface area contributed by atoms with E-state index in [1.807, 2.05) is 0 Å². The Morgan fingerprint density at radius 3 is 1.30 bits per heavy atom. The van der Waals surface area contributed by atoms with Crippen LogP contribution in [0, 0.1) is 0 Å². The van der Waals surface area contributed by atoms with Gasteiger partial charge in [-0.3, -0.25) is 0 Å². The van der Waals surface area contributed by atoms with Crippen LogP contribution in [-0.4, -0.2) is 166 Å². The fourth-order valence-corrected chi connectivity index (χ4v) is 3.98. The van der Waals surface area contributed by atoms with Gasteiger partial charge in [0.15, 0.2) is 37.2 Å². The highest BCUT2D eigenvalue weighted by atomic mass is 16.8. The maximum atomic E-state index is 11.8.